The van der Waals surface area contributed by atoms with Crippen molar-refractivity contribution in [3.63, 3.8) is 0 Å². The topological polar surface area (TPSA) is 38.3 Å². The van der Waals surface area contributed by atoms with Crippen molar-refractivity contribution < 1.29 is 13.9 Å². The largest absolute Gasteiger partial charge is 0.489 e. The van der Waals surface area contributed by atoms with Gasteiger partial charge >= 0.3 is 0 Å². The Morgan fingerprint density at radius 1 is 1.19 bits per heavy atom. The summed E-state index contributed by atoms with van der Waals surface area (Å²) in [6.07, 6.45) is 1.25. The highest BCUT2D eigenvalue weighted by molar-refractivity contribution is 6.30. The molecule has 0 atom stereocenters. The van der Waals surface area contributed by atoms with Gasteiger partial charge in [-0.05, 0) is 35.7 Å². The predicted molar refractivity (Wildman–Crippen MR) is 79.1 cm³/mol. The average Bonchev–Trinajstić information content (AvgIpc) is 2.48. The number of rotatable bonds is 3. The van der Waals surface area contributed by atoms with E-state index < -0.39 is 5.82 Å². The van der Waals surface area contributed by atoms with Crippen LogP contribution in [-0.2, 0) is 17.8 Å². The summed E-state index contributed by atoms with van der Waals surface area (Å²) < 4.78 is 19.0. The van der Waals surface area contributed by atoms with Gasteiger partial charge in [-0.2, -0.15) is 0 Å². The number of fused-ring (bicyclic) bond motifs is 1. The van der Waals surface area contributed by atoms with Crippen LogP contribution >= 0.6 is 11.6 Å². The molecule has 0 spiro atoms. The molecular weight excluding hydrogens is 293 g/mol. The van der Waals surface area contributed by atoms with E-state index in [1.807, 2.05) is 12.1 Å². The molecule has 0 fully saturated rings. The number of anilines is 1. The van der Waals surface area contributed by atoms with Crippen LogP contribution in [0.1, 0.15) is 17.5 Å². The van der Waals surface area contributed by atoms with E-state index in [0.29, 0.717) is 17.7 Å². The molecule has 3 rings (SSSR count). The van der Waals surface area contributed by atoms with Gasteiger partial charge in [0.1, 0.15) is 18.2 Å². The van der Waals surface area contributed by atoms with E-state index in [9.17, 15) is 9.18 Å². The minimum Gasteiger partial charge on any atom is -0.489 e. The van der Waals surface area contributed by atoms with Gasteiger partial charge in [-0.1, -0.05) is 23.7 Å². The zero-order valence-corrected chi connectivity index (χ0v) is 11.9. The molecule has 1 aliphatic heterocycles. The van der Waals surface area contributed by atoms with Crippen LogP contribution in [0, 0.1) is 5.82 Å². The lowest BCUT2D eigenvalue weighted by atomic mass is 10.0. The molecule has 1 heterocycles. The van der Waals surface area contributed by atoms with Gasteiger partial charge in [-0.25, -0.2) is 4.39 Å². The molecule has 1 N–H and O–H groups in total. The lowest BCUT2D eigenvalue weighted by Gasteiger charge is -2.17. The van der Waals surface area contributed by atoms with Crippen LogP contribution in [0.3, 0.4) is 0 Å². The molecule has 5 heteroatoms. The lowest BCUT2D eigenvalue weighted by molar-refractivity contribution is -0.116. The summed E-state index contributed by atoms with van der Waals surface area (Å²) in [5.41, 5.74) is 2.57. The second-order valence-corrected chi connectivity index (χ2v) is 5.31. The first-order chi connectivity index (χ1) is 10.1. The van der Waals surface area contributed by atoms with Crippen molar-refractivity contribution in [1.82, 2.24) is 0 Å². The van der Waals surface area contributed by atoms with Crippen LogP contribution in [0.25, 0.3) is 0 Å². The third-order valence-corrected chi connectivity index (χ3v) is 3.67. The molecular formula is C16H13ClFNO2. The molecule has 0 radical (unpaired) electrons. The van der Waals surface area contributed by atoms with E-state index in [0.717, 1.165) is 17.7 Å². The van der Waals surface area contributed by atoms with Gasteiger partial charge < -0.3 is 10.1 Å². The lowest BCUT2D eigenvalue weighted by Crippen LogP contribution is -2.18. The molecule has 0 saturated carbocycles. The molecule has 2 aromatic carbocycles. The maximum Gasteiger partial charge on any atom is 0.224 e. The predicted octanol–water partition coefficient (Wildman–Crippen LogP) is 3.94. The summed E-state index contributed by atoms with van der Waals surface area (Å²) in [4.78, 5) is 11.4. The second kappa shape index (κ2) is 5.74. The van der Waals surface area contributed by atoms with E-state index in [1.165, 1.54) is 12.1 Å². The van der Waals surface area contributed by atoms with E-state index in [4.69, 9.17) is 16.3 Å². The minimum absolute atomic E-state index is 0.0134. The first-order valence-electron chi connectivity index (χ1n) is 6.61. The number of benzene rings is 2. The molecule has 0 aliphatic carbocycles. The Hall–Kier alpha value is -2.07. The Labute approximate surface area is 126 Å². The van der Waals surface area contributed by atoms with Crippen molar-refractivity contribution in [2.24, 2.45) is 0 Å². The molecule has 108 valence electrons. The number of ether oxygens (including phenoxy) is 1. The van der Waals surface area contributed by atoms with Crippen molar-refractivity contribution >= 4 is 23.2 Å². The Bertz CT molecular complexity index is 703. The van der Waals surface area contributed by atoms with Crippen LogP contribution in [-0.4, -0.2) is 5.91 Å². The number of nitrogens with one attached hydrogen (secondary N) is 1. The number of aryl methyl sites for hydroxylation is 1. The number of amides is 1. The fourth-order valence-electron chi connectivity index (χ4n) is 2.24. The number of carbonyl (C=O) groups is 1. The van der Waals surface area contributed by atoms with Crippen LogP contribution < -0.4 is 10.1 Å². The normalized spacial score (nSPS) is 13.5. The highest BCUT2D eigenvalue weighted by Gasteiger charge is 2.15. The quantitative estimate of drug-likeness (QED) is 0.932. The maximum absolute atomic E-state index is 13.3. The standard InChI is InChI=1S/C16H13ClFNO2/c17-13-5-1-10(7-14(13)18)9-21-12-4-2-11-3-6-16(20)19-15(11)8-12/h1-2,4-5,7-8H,3,6,9H2,(H,19,20). The van der Waals surface area contributed by atoms with Crippen molar-refractivity contribution in [3.8, 4) is 5.75 Å². The van der Waals surface area contributed by atoms with Gasteiger partial charge in [0, 0.05) is 18.2 Å². The molecule has 0 saturated heterocycles. The third-order valence-electron chi connectivity index (χ3n) is 3.37. The fourth-order valence-corrected chi connectivity index (χ4v) is 2.35. The SMILES string of the molecule is O=C1CCc2ccc(OCc3ccc(Cl)c(F)c3)cc2N1. The van der Waals surface area contributed by atoms with Crippen LogP contribution in [0.4, 0.5) is 10.1 Å². The Kier molecular flexibility index (Phi) is 3.80. The summed E-state index contributed by atoms with van der Waals surface area (Å²) in [7, 11) is 0. The molecule has 1 amide bonds. The van der Waals surface area contributed by atoms with Crippen LogP contribution in [0.2, 0.25) is 5.02 Å². The van der Waals surface area contributed by atoms with Crippen molar-refractivity contribution in [3.05, 3.63) is 58.4 Å². The van der Waals surface area contributed by atoms with Gasteiger partial charge in [0.2, 0.25) is 5.91 Å². The summed E-state index contributed by atoms with van der Waals surface area (Å²) in [5, 5.41) is 2.91. The molecule has 0 unspecified atom stereocenters. The van der Waals surface area contributed by atoms with E-state index >= 15 is 0 Å². The molecule has 1 aliphatic rings. The van der Waals surface area contributed by atoms with Crippen molar-refractivity contribution in [2.45, 2.75) is 19.4 Å². The molecule has 3 nitrogen and oxygen atoms in total. The summed E-state index contributed by atoms with van der Waals surface area (Å²) in [6.45, 7) is 0.237. The zero-order valence-electron chi connectivity index (χ0n) is 11.2. The fraction of sp³-hybridized carbons (Fsp3) is 0.188. The second-order valence-electron chi connectivity index (χ2n) is 4.90. The first kappa shape index (κ1) is 13.9. The van der Waals surface area contributed by atoms with Crippen LogP contribution in [0.5, 0.6) is 5.75 Å². The average molecular weight is 306 g/mol. The van der Waals surface area contributed by atoms with Gasteiger partial charge in [0.25, 0.3) is 0 Å². The van der Waals surface area contributed by atoms with E-state index in [-0.39, 0.29) is 17.5 Å². The Morgan fingerprint density at radius 3 is 2.86 bits per heavy atom. The van der Waals surface area contributed by atoms with Gasteiger partial charge in [-0.3, -0.25) is 4.79 Å². The van der Waals surface area contributed by atoms with Crippen molar-refractivity contribution in [2.75, 3.05) is 5.32 Å². The summed E-state index contributed by atoms with van der Waals surface area (Å²) >= 11 is 5.63. The molecule has 2 aromatic rings. The molecule has 0 bridgehead atoms. The highest BCUT2D eigenvalue weighted by atomic mass is 35.5. The van der Waals surface area contributed by atoms with Crippen molar-refractivity contribution in [1.29, 1.82) is 0 Å². The number of hydrogen-bond donors (Lipinski definition) is 1. The van der Waals surface area contributed by atoms with Crippen LogP contribution in [0.15, 0.2) is 36.4 Å². The monoisotopic (exact) mass is 305 g/mol. The zero-order chi connectivity index (χ0) is 14.8. The van der Waals surface area contributed by atoms with Gasteiger partial charge in [-0.15, -0.1) is 0 Å². The minimum atomic E-state index is -0.463. The highest BCUT2D eigenvalue weighted by Crippen LogP contribution is 2.27. The van der Waals surface area contributed by atoms with Gasteiger partial charge in [0.05, 0.1) is 5.02 Å². The van der Waals surface area contributed by atoms with Gasteiger partial charge in [0.15, 0.2) is 0 Å². The Balaban J connectivity index is 1.72. The number of halogens is 2. The third kappa shape index (κ3) is 3.16. The maximum atomic E-state index is 13.3. The molecule has 21 heavy (non-hydrogen) atoms. The summed E-state index contributed by atoms with van der Waals surface area (Å²) in [6, 6.07) is 10.1. The summed E-state index contributed by atoms with van der Waals surface area (Å²) in [5.74, 6) is 0.182. The number of hydrogen-bond acceptors (Lipinski definition) is 2. The first-order valence-corrected chi connectivity index (χ1v) is 6.99. The molecule has 0 aromatic heterocycles. The van der Waals surface area contributed by atoms with E-state index in [2.05, 4.69) is 5.32 Å². The van der Waals surface area contributed by atoms with E-state index in [1.54, 1.807) is 12.1 Å². The smallest absolute Gasteiger partial charge is 0.224 e. The Morgan fingerprint density at radius 2 is 2.05 bits per heavy atom. The number of carbonyl (C=O) groups excluding carboxylic acids is 1.